The molecule has 0 aliphatic rings. The molecule has 0 rings (SSSR count). The highest BCUT2D eigenvalue weighted by Gasteiger charge is 1.92. The molecule has 3 N–H and O–H groups in total. The molecule has 0 atom stereocenters. The smallest absolute Gasteiger partial charge is 0.188 e. The van der Waals surface area contributed by atoms with Gasteiger partial charge in [0.1, 0.15) is 0 Å². The third kappa shape index (κ3) is 13.7. The first-order valence-electron chi connectivity index (χ1n) is 7.34. The van der Waals surface area contributed by atoms with Gasteiger partial charge in [-0.25, -0.2) is 0 Å². The van der Waals surface area contributed by atoms with Crippen molar-refractivity contribution in [3.63, 3.8) is 0 Å². The van der Waals surface area contributed by atoms with Gasteiger partial charge in [0.2, 0.25) is 0 Å². The van der Waals surface area contributed by atoms with E-state index >= 15 is 0 Å². The maximum absolute atomic E-state index is 5.78. The molecule has 4 heteroatoms. The fraction of sp³-hybridized carbons (Fsp3) is 0.929. The molecule has 0 unspecified atom stereocenters. The molecule has 0 aromatic rings. The van der Waals surface area contributed by atoms with Gasteiger partial charge in [-0.15, -0.1) is 0 Å². The number of aliphatic imine (C=N–C) groups is 1. The van der Waals surface area contributed by atoms with E-state index in [1.54, 1.807) is 0 Å². The number of nitrogens with zero attached hydrogens (tertiary/aromatic N) is 1. The summed E-state index contributed by atoms with van der Waals surface area (Å²) in [7, 11) is 0. The van der Waals surface area contributed by atoms with Crippen LogP contribution in [0.2, 0.25) is 0 Å². The number of thioether (sulfide) groups is 1. The largest absolute Gasteiger partial charge is 0.370 e. The van der Waals surface area contributed by atoms with E-state index in [-0.39, 0.29) is 0 Å². The lowest BCUT2D eigenvalue weighted by Gasteiger charge is -2.05. The van der Waals surface area contributed by atoms with Crippen molar-refractivity contribution >= 4 is 17.7 Å². The molecular formula is C14H31N3S. The van der Waals surface area contributed by atoms with Gasteiger partial charge in [-0.05, 0) is 31.3 Å². The topological polar surface area (TPSA) is 50.4 Å². The third-order valence-electron chi connectivity index (χ3n) is 2.88. The van der Waals surface area contributed by atoms with E-state index in [1.807, 2.05) is 11.8 Å². The minimum absolute atomic E-state index is 0.618. The van der Waals surface area contributed by atoms with Crippen molar-refractivity contribution in [2.75, 3.05) is 25.1 Å². The summed E-state index contributed by atoms with van der Waals surface area (Å²) in [4.78, 5) is 4.34. The summed E-state index contributed by atoms with van der Waals surface area (Å²) < 4.78 is 0. The highest BCUT2D eigenvalue weighted by Crippen LogP contribution is 2.04. The van der Waals surface area contributed by atoms with Crippen LogP contribution < -0.4 is 11.1 Å². The van der Waals surface area contributed by atoms with Crippen molar-refractivity contribution in [2.24, 2.45) is 10.7 Å². The van der Waals surface area contributed by atoms with Crippen LogP contribution in [0.4, 0.5) is 0 Å². The van der Waals surface area contributed by atoms with E-state index < -0.39 is 0 Å². The van der Waals surface area contributed by atoms with Gasteiger partial charge in [0.15, 0.2) is 5.96 Å². The Morgan fingerprint density at radius 1 is 1.06 bits per heavy atom. The summed E-state index contributed by atoms with van der Waals surface area (Å²) in [5.41, 5.74) is 5.78. The summed E-state index contributed by atoms with van der Waals surface area (Å²) in [5, 5.41) is 3.17. The van der Waals surface area contributed by atoms with Crippen molar-refractivity contribution in [1.29, 1.82) is 0 Å². The summed E-state index contributed by atoms with van der Waals surface area (Å²) >= 11 is 1.90. The number of nitrogens with one attached hydrogen (secondary N) is 1. The highest BCUT2D eigenvalue weighted by molar-refractivity contribution is 7.98. The van der Waals surface area contributed by atoms with Crippen LogP contribution in [0.3, 0.4) is 0 Å². The Kier molecular flexibility index (Phi) is 14.4. The van der Waals surface area contributed by atoms with Gasteiger partial charge in [0.25, 0.3) is 0 Å². The lowest BCUT2D eigenvalue weighted by Crippen LogP contribution is -2.32. The van der Waals surface area contributed by atoms with E-state index in [4.69, 9.17) is 5.73 Å². The summed E-state index contributed by atoms with van der Waals surface area (Å²) in [6, 6.07) is 0. The Labute approximate surface area is 117 Å². The molecule has 0 fully saturated rings. The van der Waals surface area contributed by atoms with E-state index in [0.29, 0.717) is 5.96 Å². The Morgan fingerprint density at radius 2 is 1.78 bits per heavy atom. The quantitative estimate of drug-likeness (QED) is 0.325. The standard InChI is InChI=1S/C14H31N3S/c1-3-4-5-6-7-8-11-16-14(15)17-12-9-10-13-18-2/h3-13H2,1-2H3,(H3,15,16,17). The number of unbranched alkanes of at least 4 members (excludes halogenated alkanes) is 6. The second kappa shape index (κ2) is 14.7. The molecule has 0 radical (unpaired) electrons. The minimum Gasteiger partial charge on any atom is -0.370 e. The lowest BCUT2D eigenvalue weighted by molar-refractivity contribution is 0.611. The Morgan fingerprint density at radius 3 is 2.50 bits per heavy atom. The number of nitrogens with two attached hydrogens (primary N) is 1. The zero-order chi connectivity index (χ0) is 13.5. The van der Waals surface area contributed by atoms with Gasteiger partial charge < -0.3 is 11.1 Å². The van der Waals surface area contributed by atoms with Crippen LogP contribution in [-0.4, -0.2) is 31.1 Å². The van der Waals surface area contributed by atoms with Gasteiger partial charge in [0.05, 0.1) is 0 Å². The predicted molar refractivity (Wildman–Crippen MR) is 85.5 cm³/mol. The number of rotatable bonds is 12. The first-order valence-corrected chi connectivity index (χ1v) is 8.73. The monoisotopic (exact) mass is 273 g/mol. The van der Waals surface area contributed by atoms with E-state index in [9.17, 15) is 0 Å². The van der Waals surface area contributed by atoms with Crippen LogP contribution in [-0.2, 0) is 0 Å². The van der Waals surface area contributed by atoms with Crippen LogP contribution in [0.25, 0.3) is 0 Å². The van der Waals surface area contributed by atoms with Crippen LogP contribution >= 0.6 is 11.8 Å². The highest BCUT2D eigenvalue weighted by atomic mass is 32.2. The molecule has 0 aromatic carbocycles. The molecule has 0 spiro atoms. The van der Waals surface area contributed by atoms with Crippen molar-refractivity contribution in [2.45, 2.75) is 58.3 Å². The molecule has 0 aliphatic heterocycles. The zero-order valence-corrected chi connectivity index (χ0v) is 13.0. The van der Waals surface area contributed by atoms with Crippen molar-refractivity contribution < 1.29 is 0 Å². The van der Waals surface area contributed by atoms with E-state index in [1.165, 1.54) is 57.1 Å². The van der Waals surface area contributed by atoms with E-state index in [2.05, 4.69) is 23.5 Å². The molecule has 0 saturated carbocycles. The molecule has 0 saturated heterocycles. The van der Waals surface area contributed by atoms with Gasteiger partial charge in [-0.2, -0.15) is 11.8 Å². The van der Waals surface area contributed by atoms with Gasteiger partial charge in [-0.3, -0.25) is 4.99 Å². The van der Waals surface area contributed by atoms with Crippen molar-refractivity contribution in [3.8, 4) is 0 Å². The zero-order valence-electron chi connectivity index (χ0n) is 12.2. The molecular weight excluding hydrogens is 242 g/mol. The van der Waals surface area contributed by atoms with Gasteiger partial charge >= 0.3 is 0 Å². The lowest BCUT2D eigenvalue weighted by atomic mass is 10.1. The number of guanidine groups is 1. The summed E-state index contributed by atoms with van der Waals surface area (Å²) in [5.74, 6) is 1.85. The maximum atomic E-state index is 5.78. The molecule has 18 heavy (non-hydrogen) atoms. The van der Waals surface area contributed by atoms with Crippen LogP contribution in [0.1, 0.15) is 58.3 Å². The predicted octanol–water partition coefficient (Wildman–Crippen LogP) is 3.39. The van der Waals surface area contributed by atoms with Crippen molar-refractivity contribution in [3.05, 3.63) is 0 Å². The molecule has 0 amide bonds. The normalized spacial score (nSPS) is 11.8. The molecule has 0 heterocycles. The van der Waals surface area contributed by atoms with Crippen molar-refractivity contribution in [1.82, 2.24) is 5.32 Å². The van der Waals surface area contributed by atoms with Crippen LogP contribution in [0, 0.1) is 0 Å². The first-order chi connectivity index (χ1) is 8.81. The second-order valence-corrected chi connectivity index (χ2v) is 5.65. The fourth-order valence-corrected chi connectivity index (χ4v) is 2.23. The second-order valence-electron chi connectivity index (χ2n) is 4.66. The first kappa shape index (κ1) is 17.6. The van der Waals surface area contributed by atoms with Crippen LogP contribution in [0.15, 0.2) is 4.99 Å². The minimum atomic E-state index is 0.618. The Bertz CT molecular complexity index is 195. The fourth-order valence-electron chi connectivity index (χ4n) is 1.74. The Balaban J connectivity index is 3.25. The average Bonchev–Trinajstić information content (AvgIpc) is 2.37. The molecule has 0 aromatic heterocycles. The summed E-state index contributed by atoms with van der Waals surface area (Å²) in [6.07, 6.45) is 12.4. The van der Waals surface area contributed by atoms with Crippen LogP contribution in [0.5, 0.6) is 0 Å². The molecule has 0 aliphatic carbocycles. The molecule has 0 bridgehead atoms. The van der Waals surface area contributed by atoms with E-state index in [0.717, 1.165) is 13.1 Å². The Hall–Kier alpha value is -0.380. The SMILES string of the molecule is CCCCCCCCN=C(N)NCCCCSC. The van der Waals surface area contributed by atoms with Gasteiger partial charge in [-0.1, -0.05) is 39.0 Å². The number of hydrogen-bond acceptors (Lipinski definition) is 2. The van der Waals surface area contributed by atoms with Gasteiger partial charge in [0, 0.05) is 13.1 Å². The molecule has 3 nitrogen and oxygen atoms in total. The average molecular weight is 273 g/mol. The number of hydrogen-bond donors (Lipinski definition) is 2. The maximum Gasteiger partial charge on any atom is 0.188 e. The molecule has 108 valence electrons. The third-order valence-corrected chi connectivity index (χ3v) is 3.57. The summed E-state index contributed by atoms with van der Waals surface area (Å²) in [6.45, 7) is 4.07.